The first-order chi connectivity index (χ1) is 17.5. The van der Waals surface area contributed by atoms with Crippen LogP contribution in [0, 0.1) is 0 Å². The Labute approximate surface area is 209 Å². The van der Waals surface area contributed by atoms with Crippen LogP contribution in [-0.4, -0.2) is 61.7 Å². The molecule has 36 heavy (non-hydrogen) atoms. The van der Waals surface area contributed by atoms with Crippen molar-refractivity contribution in [2.24, 2.45) is 0 Å². The lowest BCUT2D eigenvalue weighted by atomic mass is 9.95. The van der Waals surface area contributed by atoms with E-state index in [1.54, 1.807) is 40.7 Å². The van der Waals surface area contributed by atoms with Gasteiger partial charge < -0.3 is 39.0 Å². The molecule has 0 bridgehead atoms. The average molecular weight is 495 g/mol. The van der Waals surface area contributed by atoms with Gasteiger partial charge in [-0.2, -0.15) is 4.98 Å². The number of aliphatic hydroxyl groups is 2. The van der Waals surface area contributed by atoms with E-state index < -0.39 is 12.2 Å². The summed E-state index contributed by atoms with van der Waals surface area (Å²) >= 11 is 0. The minimum atomic E-state index is -0.800. The highest BCUT2D eigenvalue weighted by Gasteiger charge is 2.33. The first kappa shape index (κ1) is 24.0. The number of fused-ring (bicyclic) bond motifs is 2. The quantitative estimate of drug-likeness (QED) is 0.531. The van der Waals surface area contributed by atoms with Crippen molar-refractivity contribution >= 4 is 11.8 Å². The summed E-state index contributed by atoms with van der Waals surface area (Å²) in [5.74, 6) is 3.74. The van der Waals surface area contributed by atoms with Crippen molar-refractivity contribution in [3.63, 3.8) is 0 Å². The molecule has 2 aliphatic rings. The number of nitrogens with zero attached hydrogens (tertiary/aromatic N) is 4. The maximum atomic E-state index is 11.0. The molecular weight excluding hydrogens is 464 g/mol. The number of β-amino-alcohol motifs (C(OH)–C–C–N with tert-alkyl or cyclic N) is 2. The number of anilines is 2. The molecule has 10 nitrogen and oxygen atoms in total. The number of methoxy groups -OCH3 is 4. The van der Waals surface area contributed by atoms with Crippen LogP contribution in [0.3, 0.4) is 0 Å². The molecule has 1 aromatic heterocycles. The van der Waals surface area contributed by atoms with Gasteiger partial charge in [-0.05, 0) is 30.3 Å². The van der Waals surface area contributed by atoms with E-state index in [1.165, 1.54) is 0 Å². The predicted molar refractivity (Wildman–Crippen MR) is 133 cm³/mol. The molecule has 0 aliphatic carbocycles. The van der Waals surface area contributed by atoms with Crippen LogP contribution in [0.4, 0.5) is 11.8 Å². The first-order valence-corrected chi connectivity index (χ1v) is 11.7. The van der Waals surface area contributed by atoms with Gasteiger partial charge in [0, 0.05) is 35.0 Å². The van der Waals surface area contributed by atoms with Crippen LogP contribution in [0.15, 0.2) is 36.5 Å². The van der Waals surface area contributed by atoms with Gasteiger partial charge in [0.15, 0.2) is 0 Å². The molecule has 0 unspecified atom stereocenters. The Morgan fingerprint density at radius 1 is 0.694 bits per heavy atom. The smallest absolute Gasteiger partial charge is 0.227 e. The molecule has 2 aliphatic heterocycles. The SMILES string of the molecule is COc1ccc(OC)c2c1CN(c1ccnc(N3Cc4c(OC)ccc(OC)c4[C@@H](O)C3)n1)C[C@@H]2O. The van der Waals surface area contributed by atoms with Crippen molar-refractivity contribution in [1.29, 1.82) is 0 Å². The molecule has 0 fully saturated rings. The first-order valence-electron chi connectivity index (χ1n) is 11.7. The summed E-state index contributed by atoms with van der Waals surface area (Å²) in [6.45, 7) is 1.58. The van der Waals surface area contributed by atoms with E-state index in [-0.39, 0.29) is 0 Å². The second-order valence-electron chi connectivity index (χ2n) is 8.73. The highest BCUT2D eigenvalue weighted by atomic mass is 16.5. The topological polar surface area (TPSA) is 110 Å². The summed E-state index contributed by atoms with van der Waals surface area (Å²) in [6, 6.07) is 9.09. The van der Waals surface area contributed by atoms with Crippen LogP contribution in [-0.2, 0) is 13.1 Å². The van der Waals surface area contributed by atoms with E-state index >= 15 is 0 Å². The zero-order chi connectivity index (χ0) is 25.4. The third kappa shape index (κ3) is 4.02. The largest absolute Gasteiger partial charge is 0.496 e. The Bertz CT molecular complexity index is 1180. The highest BCUT2D eigenvalue weighted by molar-refractivity contribution is 5.58. The minimum absolute atomic E-state index is 0.302. The van der Waals surface area contributed by atoms with E-state index in [0.29, 0.717) is 60.9 Å². The summed E-state index contributed by atoms with van der Waals surface area (Å²) in [5.41, 5.74) is 3.15. The second kappa shape index (κ2) is 9.71. The molecule has 2 aromatic carbocycles. The fourth-order valence-corrected chi connectivity index (χ4v) is 5.15. The fraction of sp³-hybridized carbons (Fsp3) is 0.385. The maximum absolute atomic E-state index is 11.0. The van der Waals surface area contributed by atoms with Gasteiger partial charge in [0.05, 0.1) is 48.1 Å². The van der Waals surface area contributed by atoms with E-state index in [0.717, 1.165) is 22.3 Å². The summed E-state index contributed by atoms with van der Waals surface area (Å²) in [5, 5.41) is 22.0. The molecule has 0 saturated carbocycles. The van der Waals surface area contributed by atoms with Gasteiger partial charge in [0.1, 0.15) is 41.0 Å². The summed E-state index contributed by atoms with van der Waals surface area (Å²) in [7, 11) is 6.39. The molecule has 2 N–H and O–H groups in total. The molecule has 3 heterocycles. The Kier molecular flexibility index (Phi) is 6.46. The van der Waals surface area contributed by atoms with E-state index in [9.17, 15) is 10.2 Å². The third-order valence-corrected chi connectivity index (χ3v) is 6.81. The number of ether oxygens (including phenoxy) is 4. The fourth-order valence-electron chi connectivity index (χ4n) is 5.15. The Morgan fingerprint density at radius 2 is 1.17 bits per heavy atom. The highest BCUT2D eigenvalue weighted by Crippen LogP contribution is 2.42. The number of rotatable bonds is 6. The Balaban J connectivity index is 1.47. The molecule has 0 radical (unpaired) electrons. The van der Waals surface area contributed by atoms with Crippen molar-refractivity contribution < 1.29 is 29.2 Å². The van der Waals surface area contributed by atoms with Crippen molar-refractivity contribution in [3.05, 3.63) is 58.8 Å². The van der Waals surface area contributed by atoms with Gasteiger partial charge in [-0.25, -0.2) is 4.98 Å². The van der Waals surface area contributed by atoms with Gasteiger partial charge in [0.25, 0.3) is 0 Å². The zero-order valence-corrected chi connectivity index (χ0v) is 20.8. The molecule has 5 rings (SSSR count). The Hall–Kier alpha value is -3.76. The van der Waals surface area contributed by atoms with Crippen LogP contribution in [0.2, 0.25) is 0 Å². The lowest BCUT2D eigenvalue weighted by Crippen LogP contribution is -2.37. The van der Waals surface area contributed by atoms with Crippen LogP contribution in [0.5, 0.6) is 23.0 Å². The predicted octanol–water partition coefficient (Wildman–Crippen LogP) is 2.62. The third-order valence-electron chi connectivity index (χ3n) is 6.81. The standard InChI is InChI=1S/C26H30N4O6/c1-33-19-5-7-21(35-3)24-15(19)11-29(13-17(24)31)23-9-10-27-26(28-23)30-12-16-20(34-2)6-8-22(36-4)25(16)18(32)14-30/h5-10,17-18,31-32H,11-14H2,1-4H3/t17-,18-/m0/s1. The monoisotopic (exact) mass is 494 g/mol. The summed E-state index contributed by atoms with van der Waals surface area (Å²) in [4.78, 5) is 13.2. The van der Waals surface area contributed by atoms with Crippen molar-refractivity contribution in [2.75, 3.05) is 51.3 Å². The van der Waals surface area contributed by atoms with Gasteiger partial charge in [-0.3, -0.25) is 0 Å². The van der Waals surface area contributed by atoms with E-state index in [2.05, 4.69) is 4.98 Å². The zero-order valence-electron chi connectivity index (χ0n) is 20.8. The van der Waals surface area contributed by atoms with Gasteiger partial charge in [0.2, 0.25) is 5.95 Å². The molecule has 3 aromatic rings. The van der Waals surface area contributed by atoms with Crippen molar-refractivity contribution in [1.82, 2.24) is 9.97 Å². The van der Waals surface area contributed by atoms with Crippen molar-refractivity contribution in [2.45, 2.75) is 25.3 Å². The number of benzene rings is 2. The van der Waals surface area contributed by atoms with Crippen LogP contribution in [0.1, 0.15) is 34.5 Å². The number of hydrogen-bond acceptors (Lipinski definition) is 10. The molecule has 0 amide bonds. The van der Waals surface area contributed by atoms with E-state index in [1.807, 2.05) is 34.1 Å². The van der Waals surface area contributed by atoms with Crippen LogP contribution < -0.4 is 28.7 Å². The molecular formula is C26H30N4O6. The summed E-state index contributed by atoms with van der Waals surface area (Å²) < 4.78 is 22.1. The lowest BCUT2D eigenvalue weighted by Gasteiger charge is -2.36. The normalized spacial score (nSPS) is 18.8. The van der Waals surface area contributed by atoms with Crippen molar-refractivity contribution in [3.8, 4) is 23.0 Å². The Morgan fingerprint density at radius 3 is 1.69 bits per heavy atom. The molecule has 0 saturated heterocycles. The molecule has 190 valence electrons. The number of hydrogen-bond donors (Lipinski definition) is 2. The molecule has 0 spiro atoms. The average Bonchev–Trinajstić information content (AvgIpc) is 2.91. The van der Waals surface area contributed by atoms with Crippen LogP contribution in [0.25, 0.3) is 0 Å². The van der Waals surface area contributed by atoms with Gasteiger partial charge in [-0.1, -0.05) is 0 Å². The second-order valence-corrected chi connectivity index (χ2v) is 8.73. The van der Waals surface area contributed by atoms with Gasteiger partial charge in [-0.15, -0.1) is 0 Å². The molecule has 10 heteroatoms. The minimum Gasteiger partial charge on any atom is -0.496 e. The number of aliphatic hydroxyl groups excluding tert-OH is 2. The van der Waals surface area contributed by atoms with Crippen LogP contribution >= 0.6 is 0 Å². The van der Waals surface area contributed by atoms with E-state index in [4.69, 9.17) is 23.9 Å². The molecule has 2 atom stereocenters. The van der Waals surface area contributed by atoms with Gasteiger partial charge >= 0.3 is 0 Å². The summed E-state index contributed by atoms with van der Waals surface area (Å²) in [6.07, 6.45) is 0.108. The maximum Gasteiger partial charge on any atom is 0.227 e. The lowest BCUT2D eigenvalue weighted by molar-refractivity contribution is 0.169. The number of aromatic nitrogens is 2.